The molecule has 14 heavy (non-hydrogen) atoms. The van der Waals surface area contributed by atoms with Crippen molar-refractivity contribution in [2.45, 2.75) is 44.9 Å². The highest BCUT2D eigenvalue weighted by molar-refractivity contribution is 9.09. The molecule has 2 N–H and O–H groups in total. The van der Waals surface area contributed by atoms with Crippen LogP contribution in [0.1, 0.15) is 44.9 Å². The molecule has 84 valence electrons. The van der Waals surface area contributed by atoms with Crippen molar-refractivity contribution in [3.05, 3.63) is 0 Å². The van der Waals surface area contributed by atoms with Crippen LogP contribution in [0.25, 0.3) is 0 Å². The van der Waals surface area contributed by atoms with Gasteiger partial charge in [-0.2, -0.15) is 0 Å². The van der Waals surface area contributed by atoms with Crippen LogP contribution >= 0.6 is 15.9 Å². The summed E-state index contributed by atoms with van der Waals surface area (Å²) in [4.78, 5) is 10.2. The molecule has 0 aromatic heterocycles. The van der Waals surface area contributed by atoms with Crippen molar-refractivity contribution in [2.75, 3.05) is 11.9 Å². The summed E-state index contributed by atoms with van der Waals surface area (Å²) >= 11 is 3.41. The fraction of sp³-hybridized carbons (Fsp3) is 0.900. The fourth-order valence-electron chi connectivity index (χ4n) is 1.25. The fourth-order valence-corrected chi connectivity index (χ4v) is 1.65. The largest absolute Gasteiger partial charge is 0.450 e. The molecule has 0 saturated carbocycles. The van der Waals surface area contributed by atoms with Crippen LogP contribution in [0.3, 0.4) is 0 Å². The molecule has 0 aromatic carbocycles. The Morgan fingerprint density at radius 2 is 1.50 bits per heavy atom. The van der Waals surface area contributed by atoms with Crippen LogP contribution < -0.4 is 5.73 Å². The van der Waals surface area contributed by atoms with Gasteiger partial charge in [0.25, 0.3) is 0 Å². The van der Waals surface area contributed by atoms with Crippen molar-refractivity contribution in [3.8, 4) is 0 Å². The van der Waals surface area contributed by atoms with Gasteiger partial charge in [0.15, 0.2) is 0 Å². The van der Waals surface area contributed by atoms with E-state index in [1.165, 1.54) is 32.1 Å². The number of amides is 1. The van der Waals surface area contributed by atoms with Crippen LogP contribution in [0, 0.1) is 0 Å². The van der Waals surface area contributed by atoms with E-state index in [1.807, 2.05) is 0 Å². The molecular formula is C10H20BrNO2. The van der Waals surface area contributed by atoms with E-state index in [0.29, 0.717) is 6.61 Å². The first-order chi connectivity index (χ1) is 6.77. The SMILES string of the molecule is NC(=O)OCCCCCCCCCBr. The number of primary amides is 1. The Morgan fingerprint density at radius 1 is 1.00 bits per heavy atom. The molecule has 0 aliphatic heterocycles. The molecule has 0 saturated heterocycles. The minimum Gasteiger partial charge on any atom is -0.450 e. The Bertz CT molecular complexity index is 142. The summed E-state index contributed by atoms with van der Waals surface area (Å²) in [5.41, 5.74) is 4.82. The van der Waals surface area contributed by atoms with Crippen molar-refractivity contribution < 1.29 is 9.53 Å². The lowest BCUT2D eigenvalue weighted by Crippen LogP contribution is -2.13. The predicted octanol–water partition coefficient (Wildman–Crippen LogP) is 3.21. The van der Waals surface area contributed by atoms with Crippen LogP contribution in [0.2, 0.25) is 0 Å². The Balaban J connectivity index is 2.88. The molecule has 0 aliphatic carbocycles. The summed E-state index contributed by atoms with van der Waals surface area (Å²) in [5.74, 6) is 0. The predicted molar refractivity (Wildman–Crippen MR) is 61.6 cm³/mol. The molecule has 1 amide bonds. The van der Waals surface area contributed by atoms with E-state index >= 15 is 0 Å². The molecule has 0 unspecified atom stereocenters. The van der Waals surface area contributed by atoms with Crippen LogP contribution in [0.15, 0.2) is 0 Å². The van der Waals surface area contributed by atoms with Crippen molar-refractivity contribution in [3.63, 3.8) is 0 Å². The van der Waals surface area contributed by atoms with E-state index < -0.39 is 6.09 Å². The Labute approximate surface area is 94.5 Å². The summed E-state index contributed by atoms with van der Waals surface area (Å²) < 4.78 is 4.62. The third kappa shape index (κ3) is 11.8. The second-order valence-corrected chi connectivity index (χ2v) is 4.12. The Morgan fingerprint density at radius 3 is 2.00 bits per heavy atom. The number of nitrogens with two attached hydrogens (primary N) is 1. The third-order valence-corrected chi connectivity index (χ3v) is 2.58. The minimum absolute atomic E-state index is 0.469. The second kappa shape index (κ2) is 10.8. The number of hydrogen-bond acceptors (Lipinski definition) is 2. The molecule has 0 atom stereocenters. The number of unbranched alkanes of at least 4 members (excludes halogenated alkanes) is 6. The molecule has 0 radical (unpaired) electrons. The van der Waals surface area contributed by atoms with Gasteiger partial charge in [-0.3, -0.25) is 0 Å². The van der Waals surface area contributed by atoms with Crippen molar-refractivity contribution in [1.29, 1.82) is 0 Å². The number of ether oxygens (including phenoxy) is 1. The van der Waals surface area contributed by atoms with Crippen molar-refractivity contribution in [1.82, 2.24) is 0 Å². The van der Waals surface area contributed by atoms with Gasteiger partial charge in [-0.15, -0.1) is 0 Å². The van der Waals surface area contributed by atoms with E-state index in [1.54, 1.807) is 0 Å². The topological polar surface area (TPSA) is 52.3 Å². The maximum Gasteiger partial charge on any atom is 0.404 e. The summed E-state index contributed by atoms with van der Waals surface area (Å²) in [6, 6.07) is 0. The van der Waals surface area contributed by atoms with Crippen molar-refractivity contribution >= 4 is 22.0 Å². The van der Waals surface area contributed by atoms with E-state index in [2.05, 4.69) is 20.7 Å². The molecule has 0 bridgehead atoms. The number of halogens is 1. The number of hydrogen-bond donors (Lipinski definition) is 1. The third-order valence-electron chi connectivity index (χ3n) is 2.02. The highest BCUT2D eigenvalue weighted by Gasteiger charge is 1.94. The number of carbonyl (C=O) groups is 1. The molecule has 4 heteroatoms. The Hall–Kier alpha value is -0.250. The molecule has 0 aliphatic rings. The standard InChI is InChI=1S/C10H20BrNO2/c11-8-6-4-2-1-3-5-7-9-14-10(12)13/h1-9H2,(H2,12,13). The summed E-state index contributed by atoms with van der Waals surface area (Å²) in [7, 11) is 0. The quantitative estimate of drug-likeness (QED) is 0.514. The van der Waals surface area contributed by atoms with Gasteiger partial charge in [0.2, 0.25) is 0 Å². The lowest BCUT2D eigenvalue weighted by atomic mass is 10.1. The van der Waals surface area contributed by atoms with Crippen LogP contribution in [-0.2, 0) is 4.74 Å². The van der Waals surface area contributed by atoms with E-state index in [0.717, 1.165) is 18.2 Å². The number of alkyl halides is 1. The van der Waals surface area contributed by atoms with E-state index in [9.17, 15) is 4.79 Å². The van der Waals surface area contributed by atoms with Crippen LogP contribution in [-0.4, -0.2) is 18.0 Å². The molecule has 0 heterocycles. The average Bonchev–Trinajstić information content (AvgIpc) is 2.15. The maximum absolute atomic E-state index is 10.2. The normalized spacial score (nSPS) is 10.1. The van der Waals surface area contributed by atoms with Gasteiger partial charge in [-0.1, -0.05) is 48.0 Å². The smallest absolute Gasteiger partial charge is 0.404 e. The lowest BCUT2D eigenvalue weighted by Gasteiger charge is -2.01. The zero-order chi connectivity index (χ0) is 10.6. The van der Waals surface area contributed by atoms with Gasteiger partial charge >= 0.3 is 6.09 Å². The second-order valence-electron chi connectivity index (χ2n) is 3.33. The summed E-state index contributed by atoms with van der Waals surface area (Å²) in [6.07, 6.45) is 7.79. The average molecular weight is 266 g/mol. The van der Waals surface area contributed by atoms with Crippen LogP contribution in [0.5, 0.6) is 0 Å². The first kappa shape index (κ1) is 13.8. The molecule has 0 spiro atoms. The highest BCUT2D eigenvalue weighted by Crippen LogP contribution is 2.07. The number of carbonyl (C=O) groups excluding carboxylic acids is 1. The molecular weight excluding hydrogens is 246 g/mol. The first-order valence-electron chi connectivity index (χ1n) is 5.25. The van der Waals surface area contributed by atoms with Gasteiger partial charge < -0.3 is 10.5 Å². The summed E-state index contributed by atoms with van der Waals surface area (Å²) in [6.45, 7) is 0.469. The van der Waals surface area contributed by atoms with Gasteiger partial charge in [-0.05, 0) is 12.8 Å². The zero-order valence-electron chi connectivity index (χ0n) is 8.64. The van der Waals surface area contributed by atoms with Crippen LogP contribution in [0.4, 0.5) is 4.79 Å². The Kier molecular flexibility index (Phi) is 10.6. The van der Waals surface area contributed by atoms with Gasteiger partial charge in [0, 0.05) is 5.33 Å². The van der Waals surface area contributed by atoms with Gasteiger partial charge in [-0.25, -0.2) is 4.79 Å². The highest BCUT2D eigenvalue weighted by atomic mass is 79.9. The molecule has 0 rings (SSSR count). The molecule has 0 fully saturated rings. The van der Waals surface area contributed by atoms with E-state index in [-0.39, 0.29) is 0 Å². The maximum atomic E-state index is 10.2. The lowest BCUT2D eigenvalue weighted by molar-refractivity contribution is 0.154. The monoisotopic (exact) mass is 265 g/mol. The molecule has 0 aromatic rings. The number of rotatable bonds is 9. The van der Waals surface area contributed by atoms with Gasteiger partial charge in [0.05, 0.1) is 6.61 Å². The van der Waals surface area contributed by atoms with Crippen molar-refractivity contribution in [2.24, 2.45) is 5.73 Å². The van der Waals surface area contributed by atoms with Gasteiger partial charge in [0.1, 0.15) is 0 Å². The zero-order valence-corrected chi connectivity index (χ0v) is 10.2. The minimum atomic E-state index is -0.665. The molecule has 3 nitrogen and oxygen atoms in total. The summed E-state index contributed by atoms with van der Waals surface area (Å²) in [5, 5.41) is 1.11. The first-order valence-corrected chi connectivity index (χ1v) is 6.37. The van der Waals surface area contributed by atoms with E-state index in [4.69, 9.17) is 5.73 Å².